The number of anilines is 1. The highest BCUT2D eigenvalue weighted by atomic mass is 32.1. The monoisotopic (exact) mass is 358 g/mol. The Kier molecular flexibility index (Phi) is 4.52. The molecule has 0 atom stereocenters. The number of aromatic hydroxyl groups is 1. The lowest BCUT2D eigenvalue weighted by Crippen LogP contribution is -2.30. The number of carbonyl (C=O) groups excluding carboxylic acids is 1. The van der Waals surface area contributed by atoms with Crippen molar-refractivity contribution in [3.63, 3.8) is 0 Å². The van der Waals surface area contributed by atoms with Crippen LogP contribution in [0.3, 0.4) is 0 Å². The zero-order chi connectivity index (χ0) is 18.0. The fourth-order valence-corrected chi connectivity index (χ4v) is 2.52. The van der Waals surface area contributed by atoms with Crippen LogP contribution in [-0.2, 0) is 12.8 Å². The zero-order valence-corrected chi connectivity index (χ0v) is 14.0. The number of hydrogen-bond acceptors (Lipinski definition) is 7. The van der Waals surface area contributed by atoms with Crippen molar-refractivity contribution in [1.29, 1.82) is 0 Å². The molecule has 3 N–H and O–H groups in total. The molecule has 3 aromatic rings. The second-order valence-corrected chi connectivity index (χ2v) is 5.45. The van der Waals surface area contributed by atoms with Crippen LogP contribution in [-0.4, -0.2) is 36.0 Å². The lowest BCUT2D eigenvalue weighted by Gasteiger charge is -2.10. The Balaban J connectivity index is 1.86. The van der Waals surface area contributed by atoms with Crippen LogP contribution in [0.4, 0.5) is 5.69 Å². The van der Waals surface area contributed by atoms with E-state index >= 15 is 0 Å². The molecule has 1 amide bonds. The second kappa shape index (κ2) is 6.77. The SMILES string of the molecule is Cn1c(CS)nc(O)c(C(=O)Nc2ccc(-c3cn[nH]n3)cc2)c1=O. The number of hydrogen-bond donors (Lipinski definition) is 4. The molecule has 0 fully saturated rings. The number of nitrogens with zero attached hydrogens (tertiary/aromatic N) is 4. The quantitative estimate of drug-likeness (QED) is 0.515. The van der Waals surface area contributed by atoms with E-state index in [0.717, 1.165) is 5.56 Å². The van der Waals surface area contributed by atoms with Gasteiger partial charge in [-0.15, -0.1) is 0 Å². The van der Waals surface area contributed by atoms with Crippen molar-refractivity contribution in [2.45, 2.75) is 5.75 Å². The van der Waals surface area contributed by atoms with Gasteiger partial charge in [-0.05, 0) is 12.1 Å². The molecule has 9 nitrogen and oxygen atoms in total. The molecule has 0 aliphatic rings. The van der Waals surface area contributed by atoms with Crippen molar-refractivity contribution >= 4 is 24.2 Å². The van der Waals surface area contributed by atoms with E-state index in [1.165, 1.54) is 11.6 Å². The van der Waals surface area contributed by atoms with Crippen LogP contribution in [0.1, 0.15) is 16.2 Å². The van der Waals surface area contributed by atoms with Crippen LogP contribution in [0.15, 0.2) is 35.3 Å². The van der Waals surface area contributed by atoms with Crippen LogP contribution >= 0.6 is 12.6 Å². The highest BCUT2D eigenvalue weighted by Gasteiger charge is 2.20. The number of rotatable bonds is 4. The lowest BCUT2D eigenvalue weighted by molar-refractivity contribution is 0.102. The molecule has 1 aromatic carbocycles. The second-order valence-electron chi connectivity index (χ2n) is 5.14. The Morgan fingerprint density at radius 2 is 2.08 bits per heavy atom. The van der Waals surface area contributed by atoms with Gasteiger partial charge in [-0.1, -0.05) is 12.1 Å². The normalized spacial score (nSPS) is 10.6. The summed E-state index contributed by atoms with van der Waals surface area (Å²) in [5, 5.41) is 22.7. The molecule has 0 spiro atoms. The molecule has 10 heteroatoms. The lowest BCUT2D eigenvalue weighted by atomic mass is 10.1. The molecule has 0 saturated heterocycles. The minimum Gasteiger partial charge on any atom is -0.493 e. The smallest absolute Gasteiger partial charge is 0.270 e. The molecule has 3 rings (SSSR count). The third kappa shape index (κ3) is 3.24. The van der Waals surface area contributed by atoms with Gasteiger partial charge in [0, 0.05) is 24.1 Å². The fourth-order valence-electron chi connectivity index (χ4n) is 2.23. The standard InChI is InChI=1S/C15H14N6O3S/c1-21-11(7-25)18-14(23)12(15(21)24)13(22)17-9-4-2-8(3-5-9)10-6-16-20-19-10/h2-6,23,25H,7H2,1H3,(H,17,22)(H,16,19,20). The summed E-state index contributed by atoms with van der Waals surface area (Å²) in [6, 6.07) is 6.79. The minimum atomic E-state index is -0.745. The first-order valence-corrected chi connectivity index (χ1v) is 7.81. The highest BCUT2D eigenvalue weighted by Crippen LogP contribution is 2.19. The van der Waals surface area contributed by atoms with Crippen molar-refractivity contribution in [2.24, 2.45) is 7.05 Å². The highest BCUT2D eigenvalue weighted by molar-refractivity contribution is 7.79. The molecule has 0 bridgehead atoms. The van der Waals surface area contributed by atoms with Crippen LogP contribution < -0.4 is 10.9 Å². The molecule has 2 aromatic heterocycles. The molecule has 25 heavy (non-hydrogen) atoms. The number of thiol groups is 1. The summed E-state index contributed by atoms with van der Waals surface area (Å²) in [6.45, 7) is 0. The van der Waals surface area contributed by atoms with Gasteiger partial charge in [-0.3, -0.25) is 14.2 Å². The third-order valence-electron chi connectivity index (χ3n) is 3.59. The molecule has 2 heterocycles. The Hall–Kier alpha value is -3.14. The largest absolute Gasteiger partial charge is 0.493 e. The van der Waals surface area contributed by atoms with E-state index in [0.29, 0.717) is 11.4 Å². The Morgan fingerprint density at radius 1 is 1.36 bits per heavy atom. The Morgan fingerprint density at radius 3 is 2.68 bits per heavy atom. The zero-order valence-electron chi connectivity index (χ0n) is 13.1. The van der Waals surface area contributed by atoms with Gasteiger partial charge < -0.3 is 10.4 Å². The number of aromatic amines is 1. The van der Waals surface area contributed by atoms with Crippen LogP contribution in [0.2, 0.25) is 0 Å². The summed E-state index contributed by atoms with van der Waals surface area (Å²) < 4.78 is 1.18. The molecule has 0 unspecified atom stereocenters. The first kappa shape index (κ1) is 16.7. The van der Waals surface area contributed by atoms with E-state index in [1.807, 2.05) is 0 Å². The topological polar surface area (TPSA) is 126 Å². The number of benzene rings is 1. The molecular weight excluding hydrogens is 344 g/mol. The summed E-state index contributed by atoms with van der Waals surface area (Å²) >= 11 is 4.03. The van der Waals surface area contributed by atoms with Crippen molar-refractivity contribution in [3.05, 3.63) is 52.2 Å². The predicted octanol–water partition coefficient (Wildman–Crippen LogP) is 0.953. The maximum absolute atomic E-state index is 12.4. The van der Waals surface area contributed by atoms with Crippen LogP contribution in [0.25, 0.3) is 11.3 Å². The number of H-pyrrole nitrogens is 1. The van der Waals surface area contributed by atoms with Gasteiger partial charge in [0.2, 0.25) is 5.88 Å². The van der Waals surface area contributed by atoms with Gasteiger partial charge in [0.15, 0.2) is 5.56 Å². The summed E-state index contributed by atoms with van der Waals surface area (Å²) in [6.07, 6.45) is 1.57. The van der Waals surface area contributed by atoms with Gasteiger partial charge in [-0.25, -0.2) is 0 Å². The van der Waals surface area contributed by atoms with E-state index in [1.54, 1.807) is 30.5 Å². The summed E-state index contributed by atoms with van der Waals surface area (Å²) in [4.78, 5) is 28.4. The first-order chi connectivity index (χ1) is 12.0. The average Bonchev–Trinajstić information content (AvgIpc) is 3.13. The summed E-state index contributed by atoms with van der Waals surface area (Å²) in [5.74, 6) is -0.946. The first-order valence-electron chi connectivity index (χ1n) is 7.18. The number of amides is 1. The summed E-state index contributed by atoms with van der Waals surface area (Å²) in [5.41, 5.74) is 0.861. The third-order valence-corrected chi connectivity index (χ3v) is 3.87. The van der Waals surface area contributed by atoms with Crippen molar-refractivity contribution in [2.75, 3.05) is 5.32 Å². The summed E-state index contributed by atoms with van der Waals surface area (Å²) in [7, 11) is 1.46. The van der Waals surface area contributed by atoms with E-state index in [-0.39, 0.29) is 11.6 Å². The molecule has 0 aliphatic heterocycles. The van der Waals surface area contributed by atoms with Gasteiger partial charge in [-0.2, -0.15) is 33.0 Å². The minimum absolute atomic E-state index is 0.157. The maximum atomic E-state index is 12.4. The van der Waals surface area contributed by atoms with Crippen LogP contribution in [0, 0.1) is 0 Å². The van der Waals surface area contributed by atoms with Gasteiger partial charge >= 0.3 is 0 Å². The van der Waals surface area contributed by atoms with Crippen LogP contribution in [0.5, 0.6) is 5.88 Å². The Labute approximate surface area is 147 Å². The fraction of sp³-hybridized carbons (Fsp3) is 0.133. The molecule has 0 saturated carbocycles. The maximum Gasteiger partial charge on any atom is 0.270 e. The Bertz CT molecular complexity index is 966. The molecule has 0 radical (unpaired) electrons. The predicted molar refractivity (Wildman–Crippen MR) is 93.6 cm³/mol. The molecule has 128 valence electrons. The van der Waals surface area contributed by atoms with E-state index < -0.39 is 22.9 Å². The van der Waals surface area contributed by atoms with Crippen molar-refractivity contribution in [1.82, 2.24) is 25.0 Å². The number of carbonyl (C=O) groups is 1. The van der Waals surface area contributed by atoms with Crippen molar-refractivity contribution in [3.8, 4) is 17.1 Å². The van der Waals surface area contributed by atoms with Gasteiger partial charge in [0.1, 0.15) is 11.5 Å². The van der Waals surface area contributed by atoms with Crippen molar-refractivity contribution < 1.29 is 9.90 Å². The average molecular weight is 358 g/mol. The van der Waals surface area contributed by atoms with E-state index in [4.69, 9.17) is 0 Å². The van der Waals surface area contributed by atoms with E-state index in [2.05, 4.69) is 38.3 Å². The van der Waals surface area contributed by atoms with Gasteiger partial charge in [0.05, 0.1) is 6.20 Å². The van der Waals surface area contributed by atoms with Gasteiger partial charge in [0.25, 0.3) is 11.5 Å². The molecular formula is C15H14N6O3S. The molecule has 0 aliphatic carbocycles. The number of nitrogens with one attached hydrogen (secondary N) is 2. The van der Waals surface area contributed by atoms with E-state index in [9.17, 15) is 14.7 Å². The number of aromatic nitrogens is 5.